The Bertz CT molecular complexity index is 647. The molecule has 0 aliphatic carbocycles. The van der Waals surface area contributed by atoms with Gasteiger partial charge in [0.15, 0.2) is 0 Å². The summed E-state index contributed by atoms with van der Waals surface area (Å²) in [7, 11) is 0. The van der Waals surface area contributed by atoms with Crippen molar-refractivity contribution in [3.8, 4) is 5.75 Å². The molecular weight excluding hydrogens is 340 g/mol. The number of benzene rings is 2. The summed E-state index contributed by atoms with van der Waals surface area (Å²) in [5.74, 6) is 0.525. The van der Waals surface area contributed by atoms with Crippen molar-refractivity contribution in [2.24, 2.45) is 0 Å². The number of hydrogen-bond acceptors (Lipinski definition) is 5. The van der Waals surface area contributed by atoms with Gasteiger partial charge in [-0.2, -0.15) is 0 Å². The van der Waals surface area contributed by atoms with Crippen LogP contribution in [-0.4, -0.2) is 46.5 Å². The largest absolute Gasteiger partial charge is 0.462 e. The Labute approximate surface area is 129 Å². The summed E-state index contributed by atoms with van der Waals surface area (Å²) < 4.78 is 11.8. The first-order chi connectivity index (χ1) is 10.0. The van der Waals surface area contributed by atoms with Gasteiger partial charge in [0.1, 0.15) is 24.1 Å². The molecule has 4 atom stereocenters. The molecule has 0 amide bonds. The highest BCUT2D eigenvalue weighted by molar-refractivity contribution is 9.10. The lowest BCUT2D eigenvalue weighted by molar-refractivity contribution is -0.242. The lowest BCUT2D eigenvalue weighted by Crippen LogP contribution is -2.54. The Morgan fingerprint density at radius 1 is 1.00 bits per heavy atom. The van der Waals surface area contributed by atoms with E-state index < -0.39 is 24.6 Å². The second kappa shape index (κ2) is 5.90. The van der Waals surface area contributed by atoms with Crippen LogP contribution in [0.1, 0.15) is 0 Å². The van der Waals surface area contributed by atoms with Crippen molar-refractivity contribution < 1.29 is 24.8 Å². The standard InChI is InChI=1S/C15H15BrO5/c16-10-3-1-9-6-11(4-2-8(9)5-10)21-15-14(19)13(18)12(17)7-20-15/h1-6,12-15,17-19H,7H2. The van der Waals surface area contributed by atoms with Crippen LogP contribution in [0.15, 0.2) is 40.9 Å². The molecule has 2 aromatic rings. The normalized spacial score (nSPS) is 29.5. The van der Waals surface area contributed by atoms with Crippen molar-refractivity contribution in [3.05, 3.63) is 40.9 Å². The van der Waals surface area contributed by atoms with Gasteiger partial charge in [-0.25, -0.2) is 0 Å². The maximum Gasteiger partial charge on any atom is 0.228 e. The van der Waals surface area contributed by atoms with Crippen LogP contribution in [-0.2, 0) is 4.74 Å². The quantitative estimate of drug-likeness (QED) is 0.760. The molecular formula is C15H15BrO5. The Morgan fingerprint density at radius 2 is 1.71 bits per heavy atom. The fraction of sp³-hybridized carbons (Fsp3) is 0.333. The maximum atomic E-state index is 9.85. The van der Waals surface area contributed by atoms with Gasteiger partial charge in [-0.1, -0.05) is 28.1 Å². The highest BCUT2D eigenvalue weighted by Crippen LogP contribution is 2.26. The van der Waals surface area contributed by atoms with Crippen LogP contribution in [0.3, 0.4) is 0 Å². The van der Waals surface area contributed by atoms with Gasteiger partial charge >= 0.3 is 0 Å². The molecule has 5 nitrogen and oxygen atoms in total. The SMILES string of the molecule is OC1COC(Oc2ccc3cc(Br)ccc3c2)C(O)C1O. The van der Waals surface area contributed by atoms with Crippen LogP contribution < -0.4 is 4.74 Å². The van der Waals surface area contributed by atoms with Crippen LogP contribution in [0, 0.1) is 0 Å². The van der Waals surface area contributed by atoms with E-state index in [9.17, 15) is 15.3 Å². The lowest BCUT2D eigenvalue weighted by atomic mass is 10.1. The van der Waals surface area contributed by atoms with E-state index >= 15 is 0 Å². The Morgan fingerprint density at radius 3 is 2.52 bits per heavy atom. The Hall–Kier alpha value is -1.18. The van der Waals surface area contributed by atoms with Gasteiger partial charge in [0.25, 0.3) is 0 Å². The monoisotopic (exact) mass is 354 g/mol. The van der Waals surface area contributed by atoms with E-state index in [-0.39, 0.29) is 6.61 Å². The molecule has 0 radical (unpaired) electrons. The number of ether oxygens (including phenoxy) is 2. The van der Waals surface area contributed by atoms with Crippen LogP contribution in [0.25, 0.3) is 10.8 Å². The van der Waals surface area contributed by atoms with Crippen molar-refractivity contribution in [3.63, 3.8) is 0 Å². The van der Waals surface area contributed by atoms with Crippen LogP contribution >= 0.6 is 15.9 Å². The summed E-state index contributed by atoms with van der Waals surface area (Å²) in [6, 6.07) is 11.4. The van der Waals surface area contributed by atoms with Gasteiger partial charge in [0, 0.05) is 4.47 Å². The van der Waals surface area contributed by atoms with Crippen molar-refractivity contribution in [2.75, 3.05) is 6.61 Å². The van der Waals surface area contributed by atoms with Crippen LogP contribution in [0.2, 0.25) is 0 Å². The number of halogens is 1. The second-order valence-corrected chi connectivity index (χ2v) is 5.94. The van der Waals surface area contributed by atoms with Crippen molar-refractivity contribution >= 4 is 26.7 Å². The van der Waals surface area contributed by atoms with E-state index in [1.54, 1.807) is 6.07 Å². The maximum absolute atomic E-state index is 9.85. The molecule has 1 aliphatic rings. The van der Waals surface area contributed by atoms with Gasteiger partial charge in [-0.05, 0) is 35.0 Å². The minimum Gasteiger partial charge on any atom is -0.462 e. The zero-order valence-corrected chi connectivity index (χ0v) is 12.6. The predicted octanol–water partition coefficient (Wildman–Crippen LogP) is 1.42. The van der Waals surface area contributed by atoms with E-state index in [4.69, 9.17) is 9.47 Å². The number of hydrogen-bond donors (Lipinski definition) is 3. The summed E-state index contributed by atoms with van der Waals surface area (Å²) >= 11 is 3.41. The zero-order chi connectivity index (χ0) is 15.0. The van der Waals surface area contributed by atoms with E-state index in [0.29, 0.717) is 5.75 Å². The van der Waals surface area contributed by atoms with Crippen molar-refractivity contribution in [1.82, 2.24) is 0 Å². The smallest absolute Gasteiger partial charge is 0.228 e. The molecule has 1 heterocycles. The van der Waals surface area contributed by atoms with Gasteiger partial charge < -0.3 is 24.8 Å². The summed E-state index contributed by atoms with van der Waals surface area (Å²) in [6.45, 7) is -0.0799. The van der Waals surface area contributed by atoms with Crippen LogP contribution in [0.5, 0.6) is 5.75 Å². The van der Waals surface area contributed by atoms with E-state index in [0.717, 1.165) is 15.2 Å². The highest BCUT2D eigenvalue weighted by atomic mass is 79.9. The zero-order valence-electron chi connectivity index (χ0n) is 11.0. The van der Waals surface area contributed by atoms with E-state index in [2.05, 4.69) is 15.9 Å². The fourth-order valence-corrected chi connectivity index (χ4v) is 2.66. The van der Waals surface area contributed by atoms with Gasteiger partial charge in [-0.15, -0.1) is 0 Å². The first-order valence-electron chi connectivity index (χ1n) is 6.56. The molecule has 1 saturated heterocycles. The number of aliphatic hydroxyl groups excluding tert-OH is 3. The minimum atomic E-state index is -1.30. The summed E-state index contributed by atoms with van der Waals surface area (Å²) in [6.07, 6.45) is -4.68. The number of fused-ring (bicyclic) bond motifs is 1. The molecule has 0 saturated carbocycles. The third-order valence-electron chi connectivity index (χ3n) is 3.48. The Kier molecular flexibility index (Phi) is 4.14. The molecule has 1 aliphatic heterocycles. The molecule has 0 bridgehead atoms. The van der Waals surface area contributed by atoms with Crippen molar-refractivity contribution in [2.45, 2.75) is 24.6 Å². The summed E-state index contributed by atoms with van der Waals surface area (Å²) in [5.41, 5.74) is 0. The van der Waals surface area contributed by atoms with Gasteiger partial charge in [0.05, 0.1) is 6.61 Å². The third-order valence-corrected chi connectivity index (χ3v) is 3.97. The van der Waals surface area contributed by atoms with E-state index in [1.807, 2.05) is 30.3 Å². The molecule has 3 N–H and O–H groups in total. The number of aliphatic hydroxyl groups is 3. The predicted molar refractivity (Wildman–Crippen MR) is 80.0 cm³/mol. The molecule has 112 valence electrons. The average molecular weight is 355 g/mol. The minimum absolute atomic E-state index is 0.0799. The molecule has 0 aromatic heterocycles. The van der Waals surface area contributed by atoms with Gasteiger partial charge in [0.2, 0.25) is 6.29 Å². The molecule has 6 heteroatoms. The highest BCUT2D eigenvalue weighted by Gasteiger charge is 2.38. The molecule has 21 heavy (non-hydrogen) atoms. The van der Waals surface area contributed by atoms with Gasteiger partial charge in [-0.3, -0.25) is 0 Å². The average Bonchev–Trinajstić information content (AvgIpc) is 2.48. The first-order valence-corrected chi connectivity index (χ1v) is 7.36. The second-order valence-electron chi connectivity index (χ2n) is 5.02. The van der Waals surface area contributed by atoms with E-state index in [1.165, 1.54) is 0 Å². The molecule has 1 fully saturated rings. The molecule has 3 rings (SSSR count). The van der Waals surface area contributed by atoms with Crippen molar-refractivity contribution in [1.29, 1.82) is 0 Å². The van der Waals surface area contributed by atoms with Crippen LogP contribution in [0.4, 0.5) is 0 Å². The topological polar surface area (TPSA) is 79.2 Å². The summed E-state index contributed by atoms with van der Waals surface area (Å²) in [4.78, 5) is 0. The Balaban J connectivity index is 1.80. The first kappa shape index (κ1) is 14.7. The molecule has 2 aromatic carbocycles. The fourth-order valence-electron chi connectivity index (χ4n) is 2.29. The molecule has 4 unspecified atom stereocenters. The summed E-state index contributed by atoms with van der Waals surface area (Å²) in [5, 5.41) is 30.9. The lowest BCUT2D eigenvalue weighted by Gasteiger charge is -2.34. The number of rotatable bonds is 2. The molecule has 0 spiro atoms. The third kappa shape index (κ3) is 3.04.